The molecule has 4 N–H and O–H groups in total. The highest BCUT2D eigenvalue weighted by atomic mass is 32.2. The van der Waals surface area contributed by atoms with Gasteiger partial charge in [-0.25, -0.2) is 9.89 Å². The summed E-state index contributed by atoms with van der Waals surface area (Å²) in [5, 5.41) is 15.7. The fraction of sp³-hybridized carbons (Fsp3) is 0.778. The minimum atomic E-state index is -0.201. The van der Waals surface area contributed by atoms with Crippen LogP contribution in [0.5, 0.6) is 0 Å². The summed E-state index contributed by atoms with van der Waals surface area (Å²) in [6.45, 7) is 3.93. The Morgan fingerprint density at radius 2 is 2.31 bits per heavy atom. The Balaban J connectivity index is 2.64. The number of hydrogen-bond donors (Lipinski definition) is 3. The molecule has 1 rings (SSSR count). The molecular formula is C9H18N4O2S. The van der Waals surface area contributed by atoms with E-state index in [0.717, 1.165) is 0 Å². The Hall–Kier alpha value is -0.790. The number of H-pyrrole nitrogens is 1. The zero-order valence-electron chi connectivity index (χ0n) is 9.51. The monoisotopic (exact) mass is 246 g/mol. The van der Waals surface area contributed by atoms with Crippen LogP contribution in [0.4, 0.5) is 0 Å². The molecule has 0 spiro atoms. The van der Waals surface area contributed by atoms with Gasteiger partial charge in [-0.05, 0) is 20.3 Å². The summed E-state index contributed by atoms with van der Waals surface area (Å²) in [5.41, 5.74) is 5.56. The van der Waals surface area contributed by atoms with Gasteiger partial charge in [0, 0.05) is 24.4 Å². The van der Waals surface area contributed by atoms with Crippen LogP contribution in [-0.4, -0.2) is 38.3 Å². The van der Waals surface area contributed by atoms with Gasteiger partial charge >= 0.3 is 5.69 Å². The highest BCUT2D eigenvalue weighted by Crippen LogP contribution is 2.17. The average molecular weight is 246 g/mol. The van der Waals surface area contributed by atoms with Crippen molar-refractivity contribution >= 4 is 11.8 Å². The molecule has 1 aromatic rings. The fourth-order valence-electron chi connectivity index (χ4n) is 1.28. The van der Waals surface area contributed by atoms with Gasteiger partial charge in [0.15, 0.2) is 5.16 Å². The summed E-state index contributed by atoms with van der Waals surface area (Å²) in [6, 6.07) is -0.00905. The van der Waals surface area contributed by atoms with Gasteiger partial charge in [0.05, 0.1) is 0 Å². The van der Waals surface area contributed by atoms with Crippen LogP contribution in [-0.2, 0) is 0 Å². The molecule has 1 unspecified atom stereocenters. The van der Waals surface area contributed by atoms with E-state index < -0.39 is 0 Å². The lowest BCUT2D eigenvalue weighted by Gasteiger charge is -2.11. The van der Waals surface area contributed by atoms with Crippen LogP contribution < -0.4 is 11.4 Å². The molecule has 1 aromatic heterocycles. The predicted octanol–water partition coefficient (Wildman–Crippen LogP) is -0.0459. The summed E-state index contributed by atoms with van der Waals surface area (Å²) >= 11 is 1.43. The number of aliphatic hydroxyl groups is 1. The van der Waals surface area contributed by atoms with Crippen LogP contribution in [0.15, 0.2) is 9.95 Å². The topological polar surface area (TPSA) is 96.9 Å². The van der Waals surface area contributed by atoms with Crippen molar-refractivity contribution < 1.29 is 5.11 Å². The SMILES string of the molecule is CC(C)n1c(SCC(N)CCO)n[nH]c1=O. The molecule has 16 heavy (non-hydrogen) atoms. The quantitative estimate of drug-likeness (QED) is 0.612. The molecule has 1 atom stereocenters. The zero-order chi connectivity index (χ0) is 12.1. The molecular weight excluding hydrogens is 228 g/mol. The van der Waals surface area contributed by atoms with E-state index in [0.29, 0.717) is 17.3 Å². The Bertz CT molecular complexity index is 374. The molecule has 0 aliphatic carbocycles. The second-order valence-corrected chi connectivity index (χ2v) is 4.85. The van der Waals surface area contributed by atoms with Crippen LogP contribution in [0.1, 0.15) is 26.3 Å². The number of nitrogens with two attached hydrogens (primary N) is 1. The van der Waals surface area contributed by atoms with Gasteiger partial charge in [0.25, 0.3) is 0 Å². The molecule has 0 fully saturated rings. The van der Waals surface area contributed by atoms with Crippen molar-refractivity contribution in [3.05, 3.63) is 10.5 Å². The lowest BCUT2D eigenvalue weighted by molar-refractivity contribution is 0.279. The maximum Gasteiger partial charge on any atom is 0.344 e. The second kappa shape index (κ2) is 6.07. The molecule has 0 saturated heterocycles. The van der Waals surface area contributed by atoms with Crippen LogP contribution >= 0.6 is 11.8 Å². The van der Waals surface area contributed by atoms with Gasteiger partial charge in [-0.1, -0.05) is 11.8 Å². The highest BCUT2D eigenvalue weighted by molar-refractivity contribution is 7.99. The predicted molar refractivity (Wildman–Crippen MR) is 63.6 cm³/mol. The first-order valence-electron chi connectivity index (χ1n) is 5.22. The first-order valence-corrected chi connectivity index (χ1v) is 6.21. The van der Waals surface area contributed by atoms with Gasteiger partial charge in [-0.15, -0.1) is 5.10 Å². The Morgan fingerprint density at radius 3 is 2.88 bits per heavy atom. The van der Waals surface area contributed by atoms with E-state index in [1.165, 1.54) is 11.8 Å². The molecule has 0 aliphatic rings. The van der Waals surface area contributed by atoms with Crippen molar-refractivity contribution in [2.45, 2.75) is 37.5 Å². The lowest BCUT2D eigenvalue weighted by atomic mass is 10.3. The minimum absolute atomic E-state index is 0.0721. The summed E-state index contributed by atoms with van der Waals surface area (Å²) in [6.07, 6.45) is 0.559. The van der Waals surface area contributed by atoms with E-state index in [2.05, 4.69) is 10.2 Å². The Labute approximate surface area is 98.2 Å². The van der Waals surface area contributed by atoms with Gasteiger partial charge in [-0.2, -0.15) is 0 Å². The second-order valence-electron chi connectivity index (χ2n) is 3.86. The Kier molecular flexibility index (Phi) is 5.04. The molecule has 7 heteroatoms. The van der Waals surface area contributed by atoms with E-state index in [9.17, 15) is 4.79 Å². The summed E-state index contributed by atoms with van der Waals surface area (Å²) in [7, 11) is 0. The van der Waals surface area contributed by atoms with Crippen molar-refractivity contribution in [2.75, 3.05) is 12.4 Å². The third kappa shape index (κ3) is 3.36. The van der Waals surface area contributed by atoms with E-state index >= 15 is 0 Å². The Morgan fingerprint density at radius 1 is 1.62 bits per heavy atom. The summed E-state index contributed by atoms with van der Waals surface area (Å²) < 4.78 is 1.59. The van der Waals surface area contributed by atoms with Gasteiger partial charge in [-0.3, -0.25) is 4.57 Å². The van der Waals surface area contributed by atoms with E-state index in [1.54, 1.807) is 4.57 Å². The number of aliphatic hydroxyl groups excluding tert-OH is 1. The largest absolute Gasteiger partial charge is 0.396 e. The maximum atomic E-state index is 11.4. The number of hydrogen-bond acceptors (Lipinski definition) is 5. The van der Waals surface area contributed by atoms with Crippen molar-refractivity contribution in [1.82, 2.24) is 14.8 Å². The van der Waals surface area contributed by atoms with Crippen LogP contribution in [0.3, 0.4) is 0 Å². The third-order valence-corrected chi connectivity index (χ3v) is 3.26. The number of aromatic amines is 1. The molecule has 0 bridgehead atoms. The number of nitrogens with zero attached hydrogens (tertiary/aromatic N) is 2. The first-order chi connectivity index (χ1) is 7.56. The zero-order valence-corrected chi connectivity index (χ0v) is 10.3. The van der Waals surface area contributed by atoms with E-state index in [4.69, 9.17) is 10.8 Å². The summed E-state index contributed by atoms with van der Waals surface area (Å²) in [5.74, 6) is 0.636. The molecule has 0 radical (unpaired) electrons. The first kappa shape index (κ1) is 13.3. The number of nitrogens with one attached hydrogen (secondary N) is 1. The van der Waals surface area contributed by atoms with Crippen molar-refractivity contribution in [2.24, 2.45) is 5.73 Å². The van der Waals surface area contributed by atoms with Crippen LogP contribution in [0, 0.1) is 0 Å². The van der Waals surface area contributed by atoms with Crippen molar-refractivity contribution in [1.29, 1.82) is 0 Å². The van der Waals surface area contributed by atoms with Crippen LogP contribution in [0.2, 0.25) is 0 Å². The van der Waals surface area contributed by atoms with Gasteiger partial charge < -0.3 is 10.8 Å². The molecule has 1 heterocycles. The van der Waals surface area contributed by atoms with Crippen molar-refractivity contribution in [3.8, 4) is 0 Å². The number of thioether (sulfide) groups is 1. The minimum Gasteiger partial charge on any atom is -0.396 e. The fourth-order valence-corrected chi connectivity index (χ4v) is 2.35. The molecule has 0 aliphatic heterocycles. The van der Waals surface area contributed by atoms with Crippen LogP contribution in [0.25, 0.3) is 0 Å². The molecule has 0 saturated carbocycles. The normalized spacial score (nSPS) is 13.3. The molecule has 92 valence electrons. The number of aromatic nitrogens is 3. The highest BCUT2D eigenvalue weighted by Gasteiger charge is 2.13. The molecule has 6 nitrogen and oxygen atoms in total. The standard InChI is InChI=1S/C9H18N4O2S/c1-6(2)13-8(15)11-12-9(13)16-5-7(10)3-4-14/h6-7,14H,3-5,10H2,1-2H3,(H,11,15). The van der Waals surface area contributed by atoms with E-state index in [1.807, 2.05) is 13.8 Å². The third-order valence-electron chi connectivity index (χ3n) is 2.11. The lowest BCUT2D eigenvalue weighted by Crippen LogP contribution is -2.25. The molecule has 0 aromatic carbocycles. The molecule has 0 amide bonds. The average Bonchev–Trinajstić information content (AvgIpc) is 2.57. The van der Waals surface area contributed by atoms with Crippen molar-refractivity contribution in [3.63, 3.8) is 0 Å². The maximum absolute atomic E-state index is 11.4. The smallest absolute Gasteiger partial charge is 0.344 e. The van der Waals surface area contributed by atoms with E-state index in [-0.39, 0.29) is 24.4 Å². The van der Waals surface area contributed by atoms with Gasteiger partial charge in [0.1, 0.15) is 0 Å². The number of rotatable bonds is 6. The van der Waals surface area contributed by atoms with Gasteiger partial charge in [0.2, 0.25) is 0 Å². The summed E-state index contributed by atoms with van der Waals surface area (Å²) in [4.78, 5) is 11.4.